The number of halogens is 1. The molecule has 0 saturated carbocycles. The van der Waals surface area contributed by atoms with Gasteiger partial charge in [0.15, 0.2) is 0 Å². The molecule has 0 spiro atoms. The molecule has 0 fully saturated rings. The van der Waals surface area contributed by atoms with Crippen LogP contribution >= 0.6 is 12.4 Å². The Kier molecular flexibility index (Phi) is 10.3. The molecule has 0 aliphatic heterocycles. The van der Waals surface area contributed by atoms with Gasteiger partial charge >= 0.3 is 5.97 Å². The first-order chi connectivity index (χ1) is 6.95. The molecule has 0 aliphatic carbocycles. The first-order valence-corrected chi connectivity index (χ1v) is 5.19. The summed E-state index contributed by atoms with van der Waals surface area (Å²) in [6.45, 7) is 6.39. The van der Waals surface area contributed by atoms with Crippen LogP contribution in [-0.4, -0.2) is 47.6 Å². The minimum Gasteiger partial charge on any atom is -0.480 e. The second-order valence-electron chi connectivity index (χ2n) is 3.83. The van der Waals surface area contributed by atoms with Crippen molar-refractivity contribution in [2.75, 3.05) is 19.6 Å². The molecule has 0 aromatic heterocycles. The van der Waals surface area contributed by atoms with Gasteiger partial charge in [0, 0.05) is 6.04 Å². The molecular weight excluding hydrogens is 232 g/mol. The van der Waals surface area contributed by atoms with Crippen molar-refractivity contribution in [3.63, 3.8) is 0 Å². The number of rotatable bonds is 7. The van der Waals surface area contributed by atoms with Gasteiger partial charge in [-0.1, -0.05) is 6.92 Å². The first-order valence-electron chi connectivity index (χ1n) is 5.19. The van der Waals surface area contributed by atoms with E-state index in [1.807, 2.05) is 20.8 Å². The van der Waals surface area contributed by atoms with Gasteiger partial charge in [0.2, 0.25) is 5.91 Å². The predicted molar refractivity (Wildman–Crippen MR) is 64.9 cm³/mol. The Morgan fingerprint density at radius 2 is 1.88 bits per heavy atom. The lowest BCUT2D eigenvalue weighted by Crippen LogP contribution is -2.42. The highest BCUT2D eigenvalue weighted by atomic mass is 35.5. The number of nitrogens with zero attached hydrogens (tertiary/aromatic N) is 1. The lowest BCUT2D eigenvalue weighted by atomic mass is 10.3. The van der Waals surface area contributed by atoms with Crippen molar-refractivity contribution in [1.29, 1.82) is 0 Å². The van der Waals surface area contributed by atoms with Crippen LogP contribution in [0.2, 0.25) is 0 Å². The van der Waals surface area contributed by atoms with Crippen molar-refractivity contribution < 1.29 is 14.7 Å². The summed E-state index contributed by atoms with van der Waals surface area (Å²) in [7, 11) is 0. The number of carboxylic acids is 1. The Balaban J connectivity index is 0. The molecule has 96 valence electrons. The van der Waals surface area contributed by atoms with Crippen molar-refractivity contribution in [3.05, 3.63) is 0 Å². The largest absolute Gasteiger partial charge is 0.480 e. The van der Waals surface area contributed by atoms with Crippen LogP contribution in [0.4, 0.5) is 0 Å². The van der Waals surface area contributed by atoms with E-state index in [4.69, 9.17) is 5.11 Å². The van der Waals surface area contributed by atoms with Crippen LogP contribution in [0.25, 0.3) is 0 Å². The second kappa shape index (κ2) is 9.42. The quantitative estimate of drug-likeness (QED) is 0.701. The van der Waals surface area contributed by atoms with Gasteiger partial charge in [0.1, 0.15) is 0 Å². The fourth-order valence-corrected chi connectivity index (χ4v) is 1.29. The maximum absolute atomic E-state index is 11.4. The zero-order valence-electron chi connectivity index (χ0n) is 10.0. The molecule has 0 atom stereocenters. The minimum atomic E-state index is -0.902. The molecule has 0 aromatic rings. The molecule has 0 heterocycles. The van der Waals surface area contributed by atoms with Gasteiger partial charge in [-0.25, -0.2) is 0 Å². The molecule has 0 saturated heterocycles. The van der Waals surface area contributed by atoms with Crippen molar-refractivity contribution >= 4 is 24.3 Å². The molecule has 6 heteroatoms. The number of hydrogen-bond acceptors (Lipinski definition) is 3. The van der Waals surface area contributed by atoms with E-state index in [1.54, 1.807) is 4.90 Å². The summed E-state index contributed by atoms with van der Waals surface area (Å²) in [4.78, 5) is 23.5. The van der Waals surface area contributed by atoms with Gasteiger partial charge in [-0.15, -0.1) is 12.4 Å². The third-order valence-corrected chi connectivity index (χ3v) is 1.72. The molecular formula is C10H21ClN2O3. The predicted octanol–water partition coefficient (Wildman–Crippen LogP) is 0.729. The van der Waals surface area contributed by atoms with Crippen molar-refractivity contribution in [3.8, 4) is 0 Å². The fraction of sp³-hybridized carbons (Fsp3) is 0.800. The highest BCUT2D eigenvalue weighted by Gasteiger charge is 2.13. The van der Waals surface area contributed by atoms with Crippen molar-refractivity contribution in [1.82, 2.24) is 10.2 Å². The molecule has 0 aliphatic rings. The van der Waals surface area contributed by atoms with Gasteiger partial charge < -0.3 is 10.4 Å². The first kappa shape index (κ1) is 17.6. The highest BCUT2D eigenvalue weighted by Crippen LogP contribution is 1.91. The Hall–Kier alpha value is -0.810. The van der Waals surface area contributed by atoms with Crippen molar-refractivity contribution in [2.24, 2.45) is 0 Å². The maximum Gasteiger partial charge on any atom is 0.317 e. The van der Waals surface area contributed by atoms with Crippen LogP contribution in [0.15, 0.2) is 0 Å². The van der Waals surface area contributed by atoms with Gasteiger partial charge in [-0.05, 0) is 26.8 Å². The van der Waals surface area contributed by atoms with E-state index in [1.165, 1.54) is 0 Å². The normalized spacial score (nSPS) is 10.1. The summed E-state index contributed by atoms with van der Waals surface area (Å²) < 4.78 is 0. The van der Waals surface area contributed by atoms with E-state index in [-0.39, 0.29) is 37.4 Å². The summed E-state index contributed by atoms with van der Waals surface area (Å²) in [6.07, 6.45) is 0.836. The average molecular weight is 253 g/mol. The standard InChI is InChI=1S/C10H20N2O3.ClH/c1-4-5-12(7-10(14)15)6-9(13)11-8(2)3;/h8H,4-7H2,1-3H3,(H,11,13)(H,14,15);1H. The maximum atomic E-state index is 11.4. The summed E-state index contributed by atoms with van der Waals surface area (Å²) in [5.74, 6) is -1.03. The lowest BCUT2D eigenvalue weighted by molar-refractivity contribution is -0.138. The fourth-order valence-electron chi connectivity index (χ4n) is 1.29. The van der Waals surface area contributed by atoms with Crippen LogP contribution in [0.3, 0.4) is 0 Å². The van der Waals surface area contributed by atoms with E-state index in [2.05, 4.69) is 5.32 Å². The van der Waals surface area contributed by atoms with Crippen molar-refractivity contribution in [2.45, 2.75) is 33.2 Å². The molecule has 0 aromatic carbocycles. The van der Waals surface area contributed by atoms with E-state index in [0.29, 0.717) is 6.54 Å². The highest BCUT2D eigenvalue weighted by molar-refractivity contribution is 5.85. The lowest BCUT2D eigenvalue weighted by Gasteiger charge is -2.19. The third-order valence-electron chi connectivity index (χ3n) is 1.72. The molecule has 16 heavy (non-hydrogen) atoms. The molecule has 0 rings (SSSR count). The molecule has 0 radical (unpaired) electrons. The second-order valence-corrected chi connectivity index (χ2v) is 3.83. The number of carboxylic acid groups (broad SMARTS) is 1. The number of aliphatic carboxylic acids is 1. The average Bonchev–Trinajstić information content (AvgIpc) is 2.00. The van der Waals surface area contributed by atoms with Crippen LogP contribution in [0, 0.1) is 0 Å². The third kappa shape index (κ3) is 9.73. The van der Waals surface area contributed by atoms with Gasteiger partial charge in [0.05, 0.1) is 13.1 Å². The van der Waals surface area contributed by atoms with E-state index in [9.17, 15) is 9.59 Å². The molecule has 1 amide bonds. The summed E-state index contributed by atoms with van der Waals surface area (Å²) in [5.41, 5.74) is 0. The van der Waals surface area contributed by atoms with E-state index in [0.717, 1.165) is 6.42 Å². The summed E-state index contributed by atoms with van der Waals surface area (Å²) in [6, 6.07) is 0.0887. The number of hydrogen-bond donors (Lipinski definition) is 2. The van der Waals surface area contributed by atoms with Crippen LogP contribution in [0.5, 0.6) is 0 Å². The SMILES string of the molecule is CCCN(CC(=O)O)CC(=O)NC(C)C.Cl. The molecule has 2 N–H and O–H groups in total. The molecule has 0 unspecified atom stereocenters. The molecule has 0 bridgehead atoms. The van der Waals surface area contributed by atoms with Crippen LogP contribution < -0.4 is 5.32 Å². The minimum absolute atomic E-state index is 0. The number of amides is 1. The Bertz CT molecular complexity index is 222. The zero-order valence-corrected chi connectivity index (χ0v) is 10.8. The Labute approximate surface area is 103 Å². The van der Waals surface area contributed by atoms with E-state index < -0.39 is 5.97 Å². The topological polar surface area (TPSA) is 69.6 Å². The Morgan fingerprint density at radius 3 is 2.25 bits per heavy atom. The smallest absolute Gasteiger partial charge is 0.317 e. The van der Waals surface area contributed by atoms with E-state index >= 15 is 0 Å². The monoisotopic (exact) mass is 252 g/mol. The summed E-state index contributed by atoms with van der Waals surface area (Å²) >= 11 is 0. The van der Waals surface area contributed by atoms with Gasteiger partial charge in [-0.2, -0.15) is 0 Å². The molecule has 5 nitrogen and oxygen atoms in total. The zero-order chi connectivity index (χ0) is 11.8. The number of carbonyl (C=O) groups excluding carboxylic acids is 1. The van der Waals surface area contributed by atoms with Gasteiger partial charge in [0.25, 0.3) is 0 Å². The number of carbonyl (C=O) groups is 2. The number of nitrogens with one attached hydrogen (secondary N) is 1. The van der Waals surface area contributed by atoms with Gasteiger partial charge in [-0.3, -0.25) is 14.5 Å². The summed E-state index contributed by atoms with van der Waals surface area (Å²) in [5, 5.41) is 11.4. The van der Waals surface area contributed by atoms with Crippen LogP contribution in [-0.2, 0) is 9.59 Å². The Morgan fingerprint density at radius 1 is 1.31 bits per heavy atom. The van der Waals surface area contributed by atoms with Crippen LogP contribution in [0.1, 0.15) is 27.2 Å².